The fourth-order valence-corrected chi connectivity index (χ4v) is 4.23. The molecule has 0 radical (unpaired) electrons. The van der Waals surface area contributed by atoms with Gasteiger partial charge in [-0.1, -0.05) is 31.5 Å². The Balaban J connectivity index is 1.58. The first-order valence-electron chi connectivity index (χ1n) is 13.0. The Morgan fingerprint density at radius 1 is 1.08 bits per heavy atom. The molecule has 7 nitrogen and oxygen atoms in total. The lowest BCUT2D eigenvalue weighted by Crippen LogP contribution is -2.36. The van der Waals surface area contributed by atoms with Crippen LogP contribution < -0.4 is 9.47 Å². The second-order valence-corrected chi connectivity index (χ2v) is 9.61. The SMILES string of the molecule is CCCCOCC(O)CN(Cc1c(C)nn(-c2ccccc2)c1Oc1ccc(OC)cc1)CC1CC1. The average Bonchev–Trinajstić information content (AvgIpc) is 3.66. The lowest BCUT2D eigenvalue weighted by molar-refractivity contribution is 0.0134. The fourth-order valence-electron chi connectivity index (χ4n) is 4.23. The number of aliphatic hydroxyl groups excluding tert-OH is 1. The van der Waals surface area contributed by atoms with E-state index in [-0.39, 0.29) is 0 Å². The van der Waals surface area contributed by atoms with Crippen LogP contribution in [0.25, 0.3) is 5.69 Å². The van der Waals surface area contributed by atoms with E-state index in [0.717, 1.165) is 42.1 Å². The van der Waals surface area contributed by atoms with E-state index in [1.807, 2.05) is 66.2 Å². The zero-order chi connectivity index (χ0) is 25.3. The Bertz CT molecular complexity index is 1060. The monoisotopic (exact) mass is 493 g/mol. The Morgan fingerprint density at radius 3 is 2.47 bits per heavy atom. The Morgan fingerprint density at radius 2 is 1.81 bits per heavy atom. The van der Waals surface area contributed by atoms with Crippen molar-refractivity contribution in [3.05, 3.63) is 65.9 Å². The predicted molar refractivity (Wildman–Crippen MR) is 141 cm³/mol. The topological polar surface area (TPSA) is 69.0 Å². The highest BCUT2D eigenvalue weighted by Crippen LogP contribution is 2.34. The standard InChI is InChI=1S/C29H39N3O4/c1-4-5-17-35-21-25(33)19-31(18-23-11-12-23)20-28-22(2)30-32(24-9-7-6-8-10-24)29(28)36-27-15-13-26(34-3)14-16-27/h6-10,13-16,23,25,33H,4-5,11-12,17-21H2,1-3H3. The summed E-state index contributed by atoms with van der Waals surface area (Å²) in [6, 6.07) is 17.6. The maximum absolute atomic E-state index is 10.7. The minimum atomic E-state index is -0.531. The van der Waals surface area contributed by atoms with Gasteiger partial charge in [-0.2, -0.15) is 5.10 Å². The van der Waals surface area contributed by atoms with Crippen LogP contribution in [0.4, 0.5) is 0 Å². The largest absolute Gasteiger partial charge is 0.497 e. The van der Waals surface area contributed by atoms with Crippen LogP contribution >= 0.6 is 0 Å². The molecule has 0 amide bonds. The van der Waals surface area contributed by atoms with Crippen LogP contribution in [0.3, 0.4) is 0 Å². The van der Waals surface area contributed by atoms with Crippen molar-refractivity contribution >= 4 is 0 Å². The summed E-state index contributed by atoms with van der Waals surface area (Å²) in [5.41, 5.74) is 2.87. The van der Waals surface area contributed by atoms with Crippen LogP contribution in [0.5, 0.6) is 17.4 Å². The summed E-state index contributed by atoms with van der Waals surface area (Å²) in [5.74, 6) is 2.88. The highest BCUT2D eigenvalue weighted by Gasteiger charge is 2.28. The molecule has 1 saturated carbocycles. The van der Waals surface area contributed by atoms with E-state index in [9.17, 15) is 5.11 Å². The van der Waals surface area contributed by atoms with Crippen LogP contribution in [0.2, 0.25) is 0 Å². The quantitative estimate of drug-likeness (QED) is 0.287. The number of hydrogen-bond acceptors (Lipinski definition) is 6. The summed E-state index contributed by atoms with van der Waals surface area (Å²) in [5, 5.41) is 15.6. The minimum Gasteiger partial charge on any atom is -0.497 e. The number of ether oxygens (including phenoxy) is 3. The molecule has 1 heterocycles. The number of aryl methyl sites for hydroxylation is 1. The third kappa shape index (κ3) is 7.32. The third-order valence-corrected chi connectivity index (χ3v) is 6.43. The summed E-state index contributed by atoms with van der Waals surface area (Å²) in [6.07, 6.45) is 4.07. The number of unbranched alkanes of at least 4 members (excludes halogenated alkanes) is 1. The molecule has 3 aromatic rings. The first-order chi connectivity index (χ1) is 17.6. The van der Waals surface area contributed by atoms with Crippen molar-refractivity contribution in [2.24, 2.45) is 5.92 Å². The zero-order valence-electron chi connectivity index (χ0n) is 21.7. The molecule has 2 aromatic carbocycles. The zero-order valence-corrected chi connectivity index (χ0v) is 21.7. The van der Waals surface area contributed by atoms with E-state index in [0.29, 0.717) is 43.9 Å². The van der Waals surface area contributed by atoms with Crippen molar-refractivity contribution in [1.29, 1.82) is 0 Å². The van der Waals surface area contributed by atoms with Gasteiger partial charge in [-0.3, -0.25) is 4.90 Å². The van der Waals surface area contributed by atoms with Gasteiger partial charge in [0.2, 0.25) is 5.88 Å². The maximum atomic E-state index is 10.7. The van der Waals surface area contributed by atoms with Gasteiger partial charge in [-0.15, -0.1) is 0 Å². The van der Waals surface area contributed by atoms with Gasteiger partial charge in [0.25, 0.3) is 0 Å². The van der Waals surface area contributed by atoms with E-state index < -0.39 is 6.10 Å². The second kappa shape index (κ2) is 12.9. The maximum Gasteiger partial charge on any atom is 0.227 e. The van der Waals surface area contributed by atoms with Gasteiger partial charge in [-0.25, -0.2) is 4.68 Å². The number of rotatable bonds is 15. The van der Waals surface area contributed by atoms with Crippen LogP contribution in [0.15, 0.2) is 54.6 Å². The van der Waals surface area contributed by atoms with Crippen molar-refractivity contribution in [2.45, 2.75) is 52.2 Å². The van der Waals surface area contributed by atoms with Crippen molar-refractivity contribution in [3.8, 4) is 23.1 Å². The number of benzene rings is 2. The molecule has 0 aliphatic heterocycles. The van der Waals surface area contributed by atoms with Gasteiger partial charge < -0.3 is 19.3 Å². The normalized spacial score (nSPS) is 14.2. The molecule has 1 fully saturated rings. The van der Waals surface area contributed by atoms with Crippen LogP contribution in [-0.4, -0.2) is 59.3 Å². The van der Waals surface area contributed by atoms with E-state index in [2.05, 4.69) is 11.8 Å². The summed E-state index contributed by atoms with van der Waals surface area (Å²) in [7, 11) is 1.65. The number of aromatic nitrogens is 2. The molecule has 0 bridgehead atoms. The summed E-state index contributed by atoms with van der Waals surface area (Å²) < 4.78 is 19.3. The van der Waals surface area contributed by atoms with E-state index in [4.69, 9.17) is 19.3 Å². The minimum absolute atomic E-state index is 0.360. The Hall–Kier alpha value is -2.87. The molecule has 1 N–H and O–H groups in total. The second-order valence-electron chi connectivity index (χ2n) is 9.61. The molecule has 1 unspecified atom stereocenters. The molecule has 7 heteroatoms. The predicted octanol–water partition coefficient (Wildman–Crippen LogP) is 5.37. The van der Waals surface area contributed by atoms with E-state index in [1.54, 1.807) is 7.11 Å². The highest BCUT2D eigenvalue weighted by molar-refractivity contribution is 5.44. The highest BCUT2D eigenvalue weighted by atomic mass is 16.5. The van der Waals surface area contributed by atoms with Crippen molar-refractivity contribution in [2.75, 3.05) is 33.4 Å². The van der Waals surface area contributed by atoms with Gasteiger partial charge in [0, 0.05) is 26.2 Å². The summed E-state index contributed by atoms with van der Waals surface area (Å²) >= 11 is 0. The molecule has 4 rings (SSSR count). The van der Waals surface area contributed by atoms with Crippen molar-refractivity contribution in [1.82, 2.24) is 14.7 Å². The number of hydrogen-bond donors (Lipinski definition) is 1. The lowest BCUT2D eigenvalue weighted by atomic mass is 10.2. The molecular weight excluding hydrogens is 454 g/mol. The molecule has 1 aliphatic carbocycles. The molecule has 0 spiro atoms. The number of para-hydroxylation sites is 1. The molecule has 1 aromatic heterocycles. The van der Waals surface area contributed by atoms with Gasteiger partial charge in [0.05, 0.1) is 36.8 Å². The third-order valence-electron chi connectivity index (χ3n) is 6.43. The number of nitrogens with zero attached hydrogens (tertiary/aromatic N) is 3. The molecule has 36 heavy (non-hydrogen) atoms. The fraction of sp³-hybridized carbons (Fsp3) is 0.483. The van der Waals surface area contributed by atoms with Crippen molar-refractivity contribution < 1.29 is 19.3 Å². The number of methoxy groups -OCH3 is 1. The van der Waals surface area contributed by atoms with Gasteiger partial charge in [-0.05, 0) is 68.5 Å². The first kappa shape index (κ1) is 26.2. The first-order valence-corrected chi connectivity index (χ1v) is 13.0. The number of aliphatic hydroxyl groups is 1. The van der Waals surface area contributed by atoms with Crippen LogP contribution in [-0.2, 0) is 11.3 Å². The van der Waals surface area contributed by atoms with E-state index in [1.165, 1.54) is 12.8 Å². The molecule has 194 valence electrons. The Labute approximate surface area is 214 Å². The molecule has 1 aliphatic rings. The molecular formula is C29H39N3O4. The van der Waals surface area contributed by atoms with Crippen LogP contribution in [0.1, 0.15) is 43.9 Å². The molecule has 0 saturated heterocycles. The lowest BCUT2D eigenvalue weighted by Gasteiger charge is -2.25. The Kier molecular flexibility index (Phi) is 9.39. The van der Waals surface area contributed by atoms with E-state index >= 15 is 0 Å². The summed E-state index contributed by atoms with van der Waals surface area (Å²) in [4.78, 5) is 2.33. The van der Waals surface area contributed by atoms with Gasteiger partial charge >= 0.3 is 0 Å². The van der Waals surface area contributed by atoms with Gasteiger partial charge in [0.15, 0.2) is 0 Å². The van der Waals surface area contributed by atoms with Crippen LogP contribution in [0, 0.1) is 12.8 Å². The summed E-state index contributed by atoms with van der Waals surface area (Å²) in [6.45, 7) is 7.37. The molecule has 1 atom stereocenters. The smallest absolute Gasteiger partial charge is 0.227 e. The van der Waals surface area contributed by atoms with Gasteiger partial charge in [0.1, 0.15) is 11.5 Å². The van der Waals surface area contributed by atoms with Crippen molar-refractivity contribution in [3.63, 3.8) is 0 Å². The average molecular weight is 494 g/mol.